The molecule has 100 valence electrons. The van der Waals surface area contributed by atoms with Crippen LogP contribution in [0.3, 0.4) is 0 Å². The van der Waals surface area contributed by atoms with Crippen LogP contribution in [0.25, 0.3) is 0 Å². The number of thioether (sulfide) groups is 2. The highest BCUT2D eigenvalue weighted by molar-refractivity contribution is 9.10. The van der Waals surface area contributed by atoms with Crippen molar-refractivity contribution in [1.82, 2.24) is 9.97 Å². The fourth-order valence-corrected chi connectivity index (χ4v) is 5.25. The van der Waals surface area contributed by atoms with Gasteiger partial charge in [0.2, 0.25) is 0 Å². The van der Waals surface area contributed by atoms with E-state index in [9.17, 15) is 0 Å². The van der Waals surface area contributed by atoms with E-state index in [-0.39, 0.29) is 0 Å². The van der Waals surface area contributed by atoms with Crippen LogP contribution in [0.15, 0.2) is 4.47 Å². The van der Waals surface area contributed by atoms with E-state index in [1.54, 1.807) is 0 Å². The Morgan fingerprint density at radius 2 is 1.94 bits per heavy atom. The van der Waals surface area contributed by atoms with Crippen molar-refractivity contribution < 1.29 is 0 Å². The molecule has 2 atom stereocenters. The summed E-state index contributed by atoms with van der Waals surface area (Å²) in [5.74, 6) is 4.18. The molecule has 2 heterocycles. The van der Waals surface area contributed by atoms with Gasteiger partial charge in [-0.05, 0) is 21.8 Å². The summed E-state index contributed by atoms with van der Waals surface area (Å²) < 4.78 is 0.849. The maximum Gasteiger partial charge on any atom is 0.145 e. The number of aromatic nitrogens is 2. The lowest BCUT2D eigenvalue weighted by molar-refractivity contribution is 0.756. The quantitative estimate of drug-likeness (QED) is 0.880. The first-order valence-corrected chi connectivity index (χ1v) is 8.95. The molecule has 0 spiro atoms. The van der Waals surface area contributed by atoms with Crippen molar-refractivity contribution >= 4 is 45.3 Å². The first-order valence-electron chi connectivity index (χ1n) is 6.06. The zero-order chi connectivity index (χ0) is 13.3. The normalized spacial score (nSPS) is 24.5. The lowest BCUT2D eigenvalue weighted by Crippen LogP contribution is -2.19. The van der Waals surface area contributed by atoms with E-state index in [1.807, 2.05) is 23.5 Å². The number of hydrogen-bond donors (Lipinski definition) is 1. The fourth-order valence-electron chi connectivity index (χ4n) is 1.93. The maximum atomic E-state index is 6.00. The molecule has 1 aliphatic rings. The van der Waals surface area contributed by atoms with Gasteiger partial charge in [-0.25, -0.2) is 9.97 Å². The van der Waals surface area contributed by atoms with Gasteiger partial charge in [-0.1, -0.05) is 20.8 Å². The third-order valence-corrected chi connectivity index (χ3v) is 6.81. The van der Waals surface area contributed by atoms with Gasteiger partial charge < -0.3 is 5.73 Å². The summed E-state index contributed by atoms with van der Waals surface area (Å²) in [4.78, 5) is 9.21. The average Bonchev–Trinajstić information content (AvgIpc) is 2.33. The predicted octanol–water partition coefficient (Wildman–Crippen LogP) is 3.85. The van der Waals surface area contributed by atoms with Crippen molar-refractivity contribution in [2.45, 2.75) is 37.2 Å². The van der Waals surface area contributed by atoms with Gasteiger partial charge in [0.15, 0.2) is 0 Å². The molecule has 3 nitrogen and oxygen atoms in total. The van der Waals surface area contributed by atoms with Gasteiger partial charge in [-0.15, -0.1) is 11.8 Å². The van der Waals surface area contributed by atoms with Gasteiger partial charge in [-0.3, -0.25) is 0 Å². The Bertz CT molecular complexity index is 440. The van der Waals surface area contributed by atoms with E-state index in [4.69, 9.17) is 10.7 Å². The third-order valence-electron chi connectivity index (χ3n) is 2.91. The molecule has 0 aliphatic carbocycles. The standard InChI is InChI=1S/C12H18BrN3S2/c1-6(2)9-8(13)11(14)16-12(15-9)10-7(3)17-4-5-18-10/h6-7,10H,4-5H2,1-3H3,(H2,14,15,16). The topological polar surface area (TPSA) is 51.8 Å². The minimum atomic E-state index is 0.347. The van der Waals surface area contributed by atoms with Crippen LogP contribution in [0.5, 0.6) is 0 Å². The first-order chi connectivity index (χ1) is 8.50. The summed E-state index contributed by atoms with van der Waals surface area (Å²) in [7, 11) is 0. The van der Waals surface area contributed by atoms with Gasteiger partial charge in [0, 0.05) is 16.8 Å². The Morgan fingerprint density at radius 1 is 1.28 bits per heavy atom. The zero-order valence-corrected chi connectivity index (χ0v) is 14.0. The average molecular weight is 348 g/mol. The highest BCUT2D eigenvalue weighted by atomic mass is 79.9. The van der Waals surface area contributed by atoms with Gasteiger partial charge in [0.05, 0.1) is 15.4 Å². The fraction of sp³-hybridized carbons (Fsp3) is 0.667. The number of nitrogens with two attached hydrogens (primary N) is 1. The van der Waals surface area contributed by atoms with Crippen molar-refractivity contribution in [2.24, 2.45) is 0 Å². The SMILES string of the molecule is CC(C)c1nc(C2SCCSC2C)nc(N)c1Br. The number of hydrogen-bond acceptors (Lipinski definition) is 5. The Kier molecular flexibility index (Phi) is 4.83. The van der Waals surface area contributed by atoms with Crippen LogP contribution < -0.4 is 5.73 Å². The molecule has 1 fully saturated rings. The van der Waals surface area contributed by atoms with Crippen LogP contribution >= 0.6 is 39.5 Å². The Balaban J connectivity index is 2.38. The summed E-state index contributed by atoms with van der Waals surface area (Å²) in [6.07, 6.45) is 0. The molecule has 18 heavy (non-hydrogen) atoms. The number of anilines is 1. The van der Waals surface area contributed by atoms with Crippen LogP contribution in [0.4, 0.5) is 5.82 Å². The highest BCUT2D eigenvalue weighted by Gasteiger charge is 2.28. The van der Waals surface area contributed by atoms with E-state index >= 15 is 0 Å². The van der Waals surface area contributed by atoms with E-state index < -0.39 is 0 Å². The molecule has 0 bridgehead atoms. The summed E-state index contributed by atoms with van der Waals surface area (Å²) in [5, 5.41) is 0.904. The van der Waals surface area contributed by atoms with E-state index in [2.05, 4.69) is 41.7 Å². The van der Waals surface area contributed by atoms with E-state index in [0.29, 0.717) is 22.2 Å². The molecule has 6 heteroatoms. The predicted molar refractivity (Wildman–Crippen MR) is 85.4 cm³/mol. The van der Waals surface area contributed by atoms with Gasteiger partial charge >= 0.3 is 0 Å². The minimum absolute atomic E-state index is 0.347. The molecule has 1 saturated heterocycles. The molecule has 0 amide bonds. The molecule has 1 aliphatic heterocycles. The summed E-state index contributed by atoms with van der Waals surface area (Å²) in [5.41, 5.74) is 7.01. The molecule has 1 aromatic heterocycles. The molecule has 0 radical (unpaired) electrons. The van der Waals surface area contributed by atoms with Crippen molar-refractivity contribution in [3.05, 3.63) is 16.0 Å². The Morgan fingerprint density at radius 3 is 2.56 bits per heavy atom. The number of rotatable bonds is 2. The second-order valence-corrected chi connectivity index (χ2v) is 8.22. The monoisotopic (exact) mass is 347 g/mol. The summed E-state index contributed by atoms with van der Waals surface area (Å²) in [6.45, 7) is 6.50. The number of nitrogen functional groups attached to an aromatic ring is 1. The van der Waals surface area contributed by atoms with E-state index in [1.165, 1.54) is 5.75 Å². The lowest BCUT2D eigenvalue weighted by Gasteiger charge is -2.27. The number of halogens is 1. The third kappa shape index (κ3) is 2.96. The van der Waals surface area contributed by atoms with Crippen molar-refractivity contribution in [1.29, 1.82) is 0 Å². The largest absolute Gasteiger partial charge is 0.383 e. The van der Waals surface area contributed by atoms with Gasteiger partial charge in [-0.2, -0.15) is 11.8 Å². The van der Waals surface area contributed by atoms with Crippen molar-refractivity contribution in [3.8, 4) is 0 Å². The van der Waals surface area contributed by atoms with Crippen LogP contribution in [0.2, 0.25) is 0 Å². The molecule has 0 aromatic carbocycles. The zero-order valence-electron chi connectivity index (χ0n) is 10.8. The van der Waals surface area contributed by atoms with Gasteiger partial charge in [0.1, 0.15) is 11.6 Å². The number of nitrogens with zero attached hydrogens (tertiary/aromatic N) is 2. The van der Waals surface area contributed by atoms with Crippen LogP contribution in [-0.4, -0.2) is 26.7 Å². The maximum absolute atomic E-state index is 6.00. The van der Waals surface area contributed by atoms with E-state index in [0.717, 1.165) is 21.7 Å². The Hall–Kier alpha value is 0.0600. The molecular formula is C12H18BrN3S2. The van der Waals surface area contributed by atoms with Crippen molar-refractivity contribution in [3.63, 3.8) is 0 Å². The summed E-state index contributed by atoms with van der Waals surface area (Å²) >= 11 is 7.43. The molecule has 2 rings (SSSR count). The van der Waals surface area contributed by atoms with Crippen molar-refractivity contribution in [2.75, 3.05) is 17.2 Å². The first kappa shape index (κ1) is 14.5. The minimum Gasteiger partial charge on any atom is -0.383 e. The lowest BCUT2D eigenvalue weighted by atomic mass is 10.1. The second kappa shape index (κ2) is 6.01. The molecular weight excluding hydrogens is 330 g/mol. The molecule has 1 aromatic rings. The van der Waals surface area contributed by atoms with Crippen LogP contribution in [0, 0.1) is 0 Å². The molecule has 2 unspecified atom stereocenters. The summed E-state index contributed by atoms with van der Waals surface area (Å²) in [6, 6.07) is 0. The van der Waals surface area contributed by atoms with Gasteiger partial charge in [0.25, 0.3) is 0 Å². The Labute approximate surface area is 125 Å². The smallest absolute Gasteiger partial charge is 0.145 e. The molecule has 0 saturated carbocycles. The second-order valence-electron chi connectivity index (χ2n) is 4.69. The van der Waals surface area contributed by atoms with Crippen LogP contribution in [0.1, 0.15) is 43.5 Å². The van der Waals surface area contributed by atoms with Crippen LogP contribution in [-0.2, 0) is 0 Å². The highest BCUT2D eigenvalue weighted by Crippen LogP contribution is 2.42. The molecule has 2 N–H and O–H groups in total.